The number of methoxy groups -OCH3 is 1. The van der Waals surface area contributed by atoms with Crippen molar-refractivity contribution in [2.75, 3.05) is 17.7 Å². The monoisotopic (exact) mass is 350 g/mol. The van der Waals surface area contributed by atoms with Gasteiger partial charge in [0.15, 0.2) is 0 Å². The quantitative estimate of drug-likeness (QED) is 0.838. The summed E-state index contributed by atoms with van der Waals surface area (Å²) >= 11 is 3.37. The van der Waals surface area contributed by atoms with E-state index in [-0.39, 0.29) is 6.04 Å². The molecule has 1 aromatic carbocycles. The van der Waals surface area contributed by atoms with E-state index in [1.165, 1.54) is 0 Å². The first-order chi connectivity index (χ1) is 10.0. The number of para-hydroxylation sites is 1. The molecule has 6 heteroatoms. The molecule has 0 saturated carbocycles. The van der Waals surface area contributed by atoms with Crippen molar-refractivity contribution in [3.63, 3.8) is 0 Å². The maximum atomic E-state index is 6.03. The fourth-order valence-corrected chi connectivity index (χ4v) is 2.32. The highest BCUT2D eigenvalue weighted by molar-refractivity contribution is 9.10. The molecule has 2 aromatic rings. The van der Waals surface area contributed by atoms with Gasteiger partial charge in [-0.2, -0.15) is 4.98 Å². The van der Waals surface area contributed by atoms with Gasteiger partial charge in [-0.05, 0) is 41.4 Å². The van der Waals surface area contributed by atoms with Gasteiger partial charge >= 0.3 is 0 Å². The molecule has 0 bridgehead atoms. The predicted octanol–water partition coefficient (Wildman–Crippen LogP) is 3.24. The number of aromatic nitrogens is 2. The number of anilines is 2. The molecule has 0 aliphatic heterocycles. The van der Waals surface area contributed by atoms with Gasteiger partial charge < -0.3 is 15.4 Å². The average molecular weight is 351 g/mol. The number of hydrogen-bond acceptors (Lipinski definition) is 5. The molecule has 112 valence electrons. The second kappa shape index (κ2) is 6.76. The van der Waals surface area contributed by atoms with Gasteiger partial charge in [0.25, 0.3) is 0 Å². The van der Waals surface area contributed by atoms with Crippen molar-refractivity contribution in [1.82, 2.24) is 9.97 Å². The minimum atomic E-state index is 0.232. The lowest BCUT2D eigenvalue weighted by atomic mass is 10.1. The smallest absolute Gasteiger partial charge is 0.232 e. The Bertz CT molecular complexity index is 618. The van der Waals surface area contributed by atoms with E-state index in [0.717, 1.165) is 15.7 Å². The van der Waals surface area contributed by atoms with Crippen LogP contribution in [0.4, 0.5) is 11.6 Å². The molecule has 2 N–H and O–H groups in total. The Labute approximate surface area is 133 Å². The first-order valence-electron chi connectivity index (χ1n) is 6.69. The molecule has 0 radical (unpaired) electrons. The Balaban J connectivity index is 2.33. The number of halogens is 1. The predicted molar refractivity (Wildman–Crippen MR) is 88.5 cm³/mol. The Morgan fingerprint density at radius 3 is 2.67 bits per heavy atom. The van der Waals surface area contributed by atoms with Gasteiger partial charge in [0, 0.05) is 18.3 Å². The van der Waals surface area contributed by atoms with Gasteiger partial charge in [-0.15, -0.1) is 0 Å². The highest BCUT2D eigenvalue weighted by atomic mass is 79.9. The highest BCUT2D eigenvalue weighted by Crippen LogP contribution is 2.26. The summed E-state index contributed by atoms with van der Waals surface area (Å²) < 4.78 is 5.97. The Morgan fingerprint density at radius 2 is 2.05 bits per heavy atom. The molecule has 0 atom stereocenters. The number of hydrogen-bond donors (Lipinski definition) is 1. The SMILES string of the molecule is COc1nc(N(Cc2ccccc2N)C(C)C)ncc1Br. The molecule has 0 fully saturated rings. The number of benzene rings is 1. The van der Waals surface area contributed by atoms with Gasteiger partial charge in [-0.3, -0.25) is 0 Å². The maximum Gasteiger partial charge on any atom is 0.232 e. The molecular weight excluding hydrogens is 332 g/mol. The zero-order valence-electron chi connectivity index (χ0n) is 12.4. The molecule has 1 heterocycles. The summed E-state index contributed by atoms with van der Waals surface area (Å²) in [6.07, 6.45) is 1.70. The summed E-state index contributed by atoms with van der Waals surface area (Å²) in [5, 5.41) is 0. The second-order valence-electron chi connectivity index (χ2n) is 4.95. The van der Waals surface area contributed by atoms with E-state index < -0.39 is 0 Å². The lowest BCUT2D eigenvalue weighted by molar-refractivity contribution is 0.393. The van der Waals surface area contributed by atoms with Crippen LogP contribution in [-0.2, 0) is 6.54 Å². The molecule has 21 heavy (non-hydrogen) atoms. The van der Waals surface area contributed by atoms with Crippen molar-refractivity contribution < 1.29 is 4.74 Å². The van der Waals surface area contributed by atoms with E-state index in [0.29, 0.717) is 18.4 Å². The van der Waals surface area contributed by atoms with Crippen LogP contribution in [0.2, 0.25) is 0 Å². The number of nitrogens with two attached hydrogens (primary N) is 1. The molecule has 0 spiro atoms. The molecule has 1 aromatic heterocycles. The standard InChI is InChI=1S/C15H19BrN4O/c1-10(2)20(9-11-6-4-5-7-13(11)17)15-18-8-12(16)14(19-15)21-3/h4-8,10H,9,17H2,1-3H3. The van der Waals surface area contributed by atoms with E-state index >= 15 is 0 Å². The van der Waals surface area contributed by atoms with E-state index in [9.17, 15) is 0 Å². The summed E-state index contributed by atoms with van der Waals surface area (Å²) in [5.41, 5.74) is 7.85. The zero-order valence-corrected chi connectivity index (χ0v) is 14.0. The maximum absolute atomic E-state index is 6.03. The van der Waals surface area contributed by atoms with Crippen molar-refractivity contribution in [3.8, 4) is 5.88 Å². The van der Waals surface area contributed by atoms with Crippen LogP contribution in [0, 0.1) is 0 Å². The van der Waals surface area contributed by atoms with E-state index in [1.54, 1.807) is 13.3 Å². The van der Waals surface area contributed by atoms with Crippen LogP contribution in [0.3, 0.4) is 0 Å². The molecule has 0 saturated heterocycles. The third kappa shape index (κ3) is 3.64. The number of rotatable bonds is 5. The van der Waals surface area contributed by atoms with Crippen LogP contribution in [0.1, 0.15) is 19.4 Å². The average Bonchev–Trinajstić information content (AvgIpc) is 2.47. The molecule has 0 unspecified atom stereocenters. The summed E-state index contributed by atoms with van der Waals surface area (Å²) in [6, 6.07) is 8.05. The van der Waals surface area contributed by atoms with Crippen molar-refractivity contribution >= 4 is 27.6 Å². The van der Waals surface area contributed by atoms with Crippen molar-refractivity contribution in [1.29, 1.82) is 0 Å². The number of nitrogens with zero attached hydrogens (tertiary/aromatic N) is 3. The molecule has 0 aliphatic carbocycles. The van der Waals surface area contributed by atoms with Gasteiger partial charge in [-0.1, -0.05) is 18.2 Å². The van der Waals surface area contributed by atoms with Gasteiger partial charge in [0.2, 0.25) is 11.8 Å². The van der Waals surface area contributed by atoms with Gasteiger partial charge in [0.1, 0.15) is 0 Å². The normalized spacial score (nSPS) is 10.7. The van der Waals surface area contributed by atoms with Crippen molar-refractivity contribution in [2.45, 2.75) is 26.4 Å². The van der Waals surface area contributed by atoms with Gasteiger partial charge in [0.05, 0.1) is 17.8 Å². The fraction of sp³-hybridized carbons (Fsp3) is 0.333. The van der Waals surface area contributed by atoms with Crippen LogP contribution in [0.25, 0.3) is 0 Å². The minimum Gasteiger partial charge on any atom is -0.480 e. The van der Waals surface area contributed by atoms with E-state index in [2.05, 4.69) is 44.6 Å². The minimum absolute atomic E-state index is 0.232. The van der Waals surface area contributed by atoms with Crippen LogP contribution in [0.5, 0.6) is 5.88 Å². The zero-order chi connectivity index (χ0) is 15.4. The number of ether oxygens (including phenoxy) is 1. The van der Waals surface area contributed by atoms with Crippen LogP contribution in [0.15, 0.2) is 34.9 Å². The third-order valence-electron chi connectivity index (χ3n) is 3.17. The number of nitrogen functional groups attached to an aromatic ring is 1. The van der Waals surface area contributed by atoms with E-state index in [1.807, 2.05) is 24.3 Å². The summed E-state index contributed by atoms with van der Waals surface area (Å²) in [5.74, 6) is 1.14. The molecular formula is C15H19BrN4O. The Hall–Kier alpha value is -1.82. The lowest BCUT2D eigenvalue weighted by Crippen LogP contribution is -2.32. The van der Waals surface area contributed by atoms with Crippen LogP contribution < -0.4 is 15.4 Å². The third-order valence-corrected chi connectivity index (χ3v) is 3.71. The summed E-state index contributed by atoms with van der Waals surface area (Å²) in [4.78, 5) is 10.9. The second-order valence-corrected chi connectivity index (χ2v) is 5.80. The van der Waals surface area contributed by atoms with Crippen LogP contribution in [-0.4, -0.2) is 23.1 Å². The molecule has 2 rings (SSSR count). The summed E-state index contributed by atoms with van der Waals surface area (Å²) in [7, 11) is 1.59. The van der Waals surface area contributed by atoms with Crippen LogP contribution >= 0.6 is 15.9 Å². The first kappa shape index (κ1) is 15.6. The van der Waals surface area contributed by atoms with E-state index in [4.69, 9.17) is 10.5 Å². The van der Waals surface area contributed by atoms with Gasteiger partial charge in [-0.25, -0.2) is 4.98 Å². The topological polar surface area (TPSA) is 64.3 Å². The largest absolute Gasteiger partial charge is 0.480 e. The fourth-order valence-electron chi connectivity index (χ4n) is 1.97. The summed E-state index contributed by atoms with van der Waals surface area (Å²) in [6.45, 7) is 4.84. The molecule has 5 nitrogen and oxygen atoms in total. The molecule has 0 amide bonds. The Kier molecular flexibility index (Phi) is 5.01. The van der Waals surface area contributed by atoms with Crippen molar-refractivity contribution in [3.05, 3.63) is 40.5 Å². The lowest BCUT2D eigenvalue weighted by Gasteiger charge is -2.27. The Morgan fingerprint density at radius 1 is 1.33 bits per heavy atom. The molecule has 0 aliphatic rings. The van der Waals surface area contributed by atoms with Crippen molar-refractivity contribution in [2.24, 2.45) is 0 Å². The highest BCUT2D eigenvalue weighted by Gasteiger charge is 2.17. The first-order valence-corrected chi connectivity index (χ1v) is 7.48.